The number of halogens is 1. The molecule has 15 heavy (non-hydrogen) atoms. The molecule has 1 unspecified atom stereocenters. The lowest BCUT2D eigenvalue weighted by atomic mass is 10.2. The van der Waals surface area contributed by atoms with Gasteiger partial charge in [-0.25, -0.2) is 4.98 Å². The van der Waals surface area contributed by atoms with Crippen molar-refractivity contribution >= 4 is 33.5 Å². The average molecular weight is 287 g/mol. The molecule has 1 aromatic heterocycles. The third-order valence-electron chi connectivity index (χ3n) is 2.60. The fourth-order valence-electron chi connectivity index (χ4n) is 1.68. The second-order valence-corrected chi connectivity index (χ2v) is 6.01. The van der Waals surface area contributed by atoms with Crippen LogP contribution in [0.15, 0.2) is 16.7 Å². The van der Waals surface area contributed by atoms with Gasteiger partial charge in [0.2, 0.25) is 0 Å². The van der Waals surface area contributed by atoms with Crippen LogP contribution in [0.2, 0.25) is 0 Å². The summed E-state index contributed by atoms with van der Waals surface area (Å²) in [6, 6.07) is 2.01. The molecule has 0 aliphatic carbocycles. The zero-order chi connectivity index (χ0) is 10.7. The van der Waals surface area contributed by atoms with Crippen LogP contribution in [-0.2, 0) is 0 Å². The Hall–Kier alpha value is -0.220. The molecule has 1 N–H and O–H groups in total. The predicted molar refractivity (Wildman–Crippen MR) is 70.6 cm³/mol. The first kappa shape index (κ1) is 11.3. The summed E-state index contributed by atoms with van der Waals surface area (Å²) < 4.78 is 1.09. The van der Waals surface area contributed by atoms with Crippen molar-refractivity contribution in [2.24, 2.45) is 0 Å². The van der Waals surface area contributed by atoms with Crippen LogP contribution in [0.1, 0.15) is 18.4 Å². The molecular weight excluding hydrogens is 272 g/mol. The van der Waals surface area contributed by atoms with Crippen LogP contribution in [0.5, 0.6) is 0 Å². The number of thioether (sulfide) groups is 1. The lowest BCUT2D eigenvalue weighted by molar-refractivity contribution is 0.803. The zero-order valence-corrected chi connectivity index (χ0v) is 11.2. The van der Waals surface area contributed by atoms with Gasteiger partial charge >= 0.3 is 0 Å². The number of nitrogens with zero attached hydrogens (tertiary/aromatic N) is 1. The Morgan fingerprint density at radius 2 is 2.53 bits per heavy atom. The molecule has 2 nitrogen and oxygen atoms in total. The van der Waals surface area contributed by atoms with Crippen LogP contribution >= 0.6 is 27.7 Å². The summed E-state index contributed by atoms with van der Waals surface area (Å²) in [5, 5.41) is 4.18. The molecule has 0 amide bonds. The van der Waals surface area contributed by atoms with Crippen molar-refractivity contribution in [3.05, 3.63) is 22.3 Å². The first-order chi connectivity index (χ1) is 7.27. The second-order valence-electron chi connectivity index (χ2n) is 3.81. The van der Waals surface area contributed by atoms with Crippen molar-refractivity contribution in [3.8, 4) is 0 Å². The summed E-state index contributed by atoms with van der Waals surface area (Å²) in [5.74, 6) is 2.29. The number of anilines is 1. The molecule has 1 aliphatic rings. The molecule has 1 fully saturated rings. The van der Waals surface area contributed by atoms with E-state index in [0.717, 1.165) is 22.1 Å². The van der Waals surface area contributed by atoms with Gasteiger partial charge in [-0.1, -0.05) is 0 Å². The number of nitrogens with one attached hydrogen (secondary N) is 1. The van der Waals surface area contributed by atoms with E-state index in [-0.39, 0.29) is 0 Å². The number of hydrogen-bond acceptors (Lipinski definition) is 3. The fourth-order valence-corrected chi connectivity index (χ4v) is 3.26. The smallest absolute Gasteiger partial charge is 0.140 e. The molecular formula is C11H15BrN2S. The Labute approximate surface area is 103 Å². The van der Waals surface area contributed by atoms with Gasteiger partial charge in [0.15, 0.2) is 0 Å². The van der Waals surface area contributed by atoms with Crippen molar-refractivity contribution in [2.75, 3.05) is 17.6 Å². The molecule has 0 spiro atoms. The molecule has 2 heterocycles. The highest BCUT2D eigenvalue weighted by atomic mass is 79.9. The van der Waals surface area contributed by atoms with Gasteiger partial charge in [0.05, 0.1) is 4.47 Å². The maximum absolute atomic E-state index is 4.33. The summed E-state index contributed by atoms with van der Waals surface area (Å²) in [6.07, 6.45) is 4.55. The highest BCUT2D eigenvalue weighted by Gasteiger charge is 2.15. The van der Waals surface area contributed by atoms with Crippen LogP contribution in [0.25, 0.3) is 0 Å². The summed E-state index contributed by atoms with van der Waals surface area (Å²) in [6.45, 7) is 3.11. The Morgan fingerprint density at radius 1 is 1.67 bits per heavy atom. The Bertz CT molecular complexity index is 337. The Morgan fingerprint density at radius 3 is 3.27 bits per heavy atom. The third-order valence-corrected chi connectivity index (χ3v) is 5.00. The van der Waals surface area contributed by atoms with Crippen molar-refractivity contribution in [1.82, 2.24) is 4.98 Å². The van der Waals surface area contributed by atoms with Crippen LogP contribution in [0.3, 0.4) is 0 Å². The minimum Gasteiger partial charge on any atom is -0.368 e. The minimum absolute atomic E-state index is 0.763. The molecule has 1 aliphatic heterocycles. The van der Waals surface area contributed by atoms with E-state index in [2.05, 4.69) is 44.9 Å². The molecule has 0 aromatic carbocycles. The molecule has 82 valence electrons. The molecule has 1 saturated heterocycles. The van der Waals surface area contributed by atoms with Crippen molar-refractivity contribution < 1.29 is 0 Å². The lowest BCUT2D eigenvalue weighted by Gasteiger charge is -2.12. The van der Waals surface area contributed by atoms with Gasteiger partial charge in [0, 0.05) is 18.0 Å². The van der Waals surface area contributed by atoms with Crippen LogP contribution in [0.4, 0.5) is 5.82 Å². The second kappa shape index (κ2) is 5.21. The summed E-state index contributed by atoms with van der Waals surface area (Å²) in [5.41, 5.74) is 1.23. The highest BCUT2D eigenvalue weighted by molar-refractivity contribution is 9.10. The van der Waals surface area contributed by atoms with Gasteiger partial charge in [-0.15, -0.1) is 0 Å². The minimum atomic E-state index is 0.763. The Balaban J connectivity index is 1.95. The van der Waals surface area contributed by atoms with E-state index in [1.807, 2.05) is 12.3 Å². The van der Waals surface area contributed by atoms with E-state index < -0.39 is 0 Å². The van der Waals surface area contributed by atoms with Gasteiger partial charge < -0.3 is 5.32 Å². The zero-order valence-electron chi connectivity index (χ0n) is 8.79. The quantitative estimate of drug-likeness (QED) is 0.921. The van der Waals surface area contributed by atoms with E-state index >= 15 is 0 Å². The van der Waals surface area contributed by atoms with E-state index in [1.165, 1.54) is 24.2 Å². The number of hydrogen-bond donors (Lipinski definition) is 1. The molecule has 0 radical (unpaired) electrons. The molecule has 4 heteroatoms. The van der Waals surface area contributed by atoms with E-state index in [1.54, 1.807) is 0 Å². The summed E-state index contributed by atoms with van der Waals surface area (Å²) in [4.78, 5) is 4.33. The standard InChI is InChI=1S/C11H15BrN2S/c1-8-4-5-13-11(10(8)12)14-7-9-3-2-6-15-9/h4-5,9H,2-3,6-7H2,1H3,(H,13,14). The van der Waals surface area contributed by atoms with Crippen LogP contribution in [0, 0.1) is 6.92 Å². The number of pyridine rings is 1. The van der Waals surface area contributed by atoms with E-state index in [9.17, 15) is 0 Å². The van der Waals surface area contributed by atoms with Gasteiger partial charge in [-0.05, 0) is 53.1 Å². The third kappa shape index (κ3) is 2.88. The fraction of sp³-hybridized carbons (Fsp3) is 0.545. The Kier molecular flexibility index (Phi) is 3.92. The number of aromatic nitrogens is 1. The summed E-state index contributed by atoms with van der Waals surface area (Å²) >= 11 is 5.62. The molecule has 0 saturated carbocycles. The normalized spacial score (nSPS) is 20.5. The molecule has 0 bridgehead atoms. The van der Waals surface area contributed by atoms with Crippen molar-refractivity contribution in [1.29, 1.82) is 0 Å². The van der Waals surface area contributed by atoms with Gasteiger partial charge in [-0.3, -0.25) is 0 Å². The van der Waals surface area contributed by atoms with Gasteiger partial charge in [-0.2, -0.15) is 11.8 Å². The number of rotatable bonds is 3. The molecule has 2 rings (SSSR count). The van der Waals surface area contributed by atoms with Crippen molar-refractivity contribution in [2.45, 2.75) is 25.0 Å². The van der Waals surface area contributed by atoms with Gasteiger partial charge in [0.25, 0.3) is 0 Å². The molecule has 1 aromatic rings. The van der Waals surface area contributed by atoms with E-state index in [0.29, 0.717) is 0 Å². The molecule has 1 atom stereocenters. The first-order valence-corrected chi connectivity index (χ1v) is 7.08. The predicted octanol–water partition coefficient (Wildman–Crippen LogP) is 3.46. The van der Waals surface area contributed by atoms with Crippen molar-refractivity contribution in [3.63, 3.8) is 0 Å². The maximum Gasteiger partial charge on any atom is 0.140 e. The SMILES string of the molecule is Cc1ccnc(NCC2CCCS2)c1Br. The highest BCUT2D eigenvalue weighted by Crippen LogP contribution is 2.28. The number of aryl methyl sites for hydroxylation is 1. The topological polar surface area (TPSA) is 24.9 Å². The monoisotopic (exact) mass is 286 g/mol. The average Bonchev–Trinajstić information content (AvgIpc) is 2.73. The van der Waals surface area contributed by atoms with Crippen LogP contribution < -0.4 is 5.32 Å². The summed E-state index contributed by atoms with van der Waals surface area (Å²) in [7, 11) is 0. The maximum atomic E-state index is 4.33. The lowest BCUT2D eigenvalue weighted by Crippen LogP contribution is -2.14. The van der Waals surface area contributed by atoms with Gasteiger partial charge in [0.1, 0.15) is 5.82 Å². The largest absolute Gasteiger partial charge is 0.368 e. The first-order valence-electron chi connectivity index (χ1n) is 5.24. The van der Waals surface area contributed by atoms with E-state index in [4.69, 9.17) is 0 Å². The van der Waals surface area contributed by atoms with Crippen LogP contribution in [-0.4, -0.2) is 22.5 Å².